The van der Waals surface area contributed by atoms with Gasteiger partial charge in [-0.2, -0.15) is 0 Å². The van der Waals surface area contributed by atoms with Crippen molar-refractivity contribution >= 4 is 23.4 Å². The van der Waals surface area contributed by atoms with Gasteiger partial charge in [-0.15, -0.1) is 5.10 Å². The number of hydrogen-bond donors (Lipinski definition) is 1. The summed E-state index contributed by atoms with van der Waals surface area (Å²) in [5.41, 5.74) is 0.285. The van der Waals surface area contributed by atoms with Gasteiger partial charge in [0.2, 0.25) is 11.1 Å². The van der Waals surface area contributed by atoms with Crippen LogP contribution in [-0.2, 0) is 10.3 Å². The number of nitrogens with zero attached hydrogens (tertiary/aromatic N) is 4. The molecule has 25 heavy (non-hydrogen) atoms. The molecule has 0 aliphatic heterocycles. The summed E-state index contributed by atoms with van der Waals surface area (Å²) >= 11 is 1.30. The number of rotatable bonds is 6. The molecule has 1 aromatic heterocycles. The number of hydrogen-bond acceptors (Lipinski definition) is 7. The van der Waals surface area contributed by atoms with E-state index in [9.17, 15) is 4.79 Å². The lowest BCUT2D eigenvalue weighted by Crippen LogP contribution is -2.27. The van der Waals surface area contributed by atoms with Gasteiger partial charge in [-0.25, -0.2) is 4.68 Å². The lowest BCUT2D eigenvalue weighted by Gasteiger charge is -2.20. The summed E-state index contributed by atoms with van der Waals surface area (Å²) < 4.78 is 12.2. The average Bonchev–Trinajstić information content (AvgIpc) is 3.03. The Bertz CT molecular complexity index is 742. The third-order valence-electron chi connectivity index (χ3n) is 3.39. The maximum Gasteiger partial charge on any atom is 0.237 e. The number of amides is 1. The van der Waals surface area contributed by atoms with Crippen LogP contribution in [0.25, 0.3) is 0 Å². The van der Waals surface area contributed by atoms with Crippen molar-refractivity contribution in [3.05, 3.63) is 18.2 Å². The van der Waals surface area contributed by atoms with Crippen molar-refractivity contribution in [1.29, 1.82) is 0 Å². The summed E-state index contributed by atoms with van der Waals surface area (Å²) in [4.78, 5) is 12.6. The topological polar surface area (TPSA) is 91.2 Å². The molecular weight excluding hydrogens is 342 g/mol. The van der Waals surface area contributed by atoms with Crippen LogP contribution in [0.3, 0.4) is 0 Å². The van der Waals surface area contributed by atoms with Crippen molar-refractivity contribution in [2.45, 2.75) is 43.6 Å². The van der Waals surface area contributed by atoms with E-state index in [0.29, 0.717) is 22.3 Å². The van der Waals surface area contributed by atoms with Crippen LogP contribution >= 0.6 is 11.8 Å². The van der Waals surface area contributed by atoms with Gasteiger partial charge in [0.15, 0.2) is 0 Å². The average molecular weight is 365 g/mol. The van der Waals surface area contributed by atoms with Crippen molar-refractivity contribution in [2.24, 2.45) is 0 Å². The minimum absolute atomic E-state index is 0.181. The summed E-state index contributed by atoms with van der Waals surface area (Å²) in [6.45, 7) is 7.80. The quantitative estimate of drug-likeness (QED) is 0.787. The number of tetrazole rings is 1. The first-order valence-corrected chi connectivity index (χ1v) is 8.62. The Morgan fingerprint density at radius 1 is 1.28 bits per heavy atom. The van der Waals surface area contributed by atoms with Gasteiger partial charge in [0, 0.05) is 6.07 Å². The monoisotopic (exact) mass is 365 g/mol. The molecule has 0 fully saturated rings. The van der Waals surface area contributed by atoms with Crippen LogP contribution in [0.15, 0.2) is 23.4 Å². The second-order valence-corrected chi connectivity index (χ2v) is 7.67. The van der Waals surface area contributed by atoms with Crippen LogP contribution < -0.4 is 14.8 Å². The molecule has 1 unspecified atom stereocenters. The maximum absolute atomic E-state index is 12.6. The molecule has 0 saturated heterocycles. The molecule has 8 nitrogen and oxygen atoms in total. The molecule has 136 valence electrons. The number of nitrogens with one attached hydrogen (secondary N) is 1. The van der Waals surface area contributed by atoms with Crippen molar-refractivity contribution in [3.8, 4) is 11.5 Å². The van der Waals surface area contributed by atoms with Crippen LogP contribution in [0.1, 0.15) is 27.7 Å². The Morgan fingerprint density at radius 3 is 2.60 bits per heavy atom. The number of anilines is 1. The minimum Gasteiger partial charge on any atom is -0.497 e. The molecule has 0 radical (unpaired) electrons. The van der Waals surface area contributed by atoms with Gasteiger partial charge in [-0.1, -0.05) is 11.8 Å². The van der Waals surface area contributed by atoms with Crippen LogP contribution in [0.4, 0.5) is 5.69 Å². The van der Waals surface area contributed by atoms with E-state index in [2.05, 4.69) is 20.8 Å². The van der Waals surface area contributed by atoms with Gasteiger partial charge in [0.05, 0.1) is 30.7 Å². The number of methoxy groups -OCH3 is 2. The van der Waals surface area contributed by atoms with E-state index in [1.165, 1.54) is 11.8 Å². The third kappa shape index (κ3) is 4.62. The summed E-state index contributed by atoms with van der Waals surface area (Å²) in [7, 11) is 3.12. The zero-order valence-electron chi connectivity index (χ0n) is 15.2. The first kappa shape index (κ1) is 19.0. The lowest BCUT2D eigenvalue weighted by molar-refractivity contribution is -0.115. The molecule has 1 amide bonds. The number of ether oxygens (including phenoxy) is 2. The smallest absolute Gasteiger partial charge is 0.237 e. The Kier molecular flexibility index (Phi) is 5.89. The van der Waals surface area contributed by atoms with E-state index in [0.717, 1.165) is 0 Å². The van der Waals surface area contributed by atoms with Crippen molar-refractivity contribution in [3.63, 3.8) is 0 Å². The van der Waals surface area contributed by atoms with Gasteiger partial charge in [-0.3, -0.25) is 4.79 Å². The molecule has 1 atom stereocenters. The standard InChI is InChI=1S/C16H23N5O3S/c1-10(25-15-18-19-20-21(15)16(2,3)4)14(22)17-12-9-11(23-5)7-8-13(12)24-6/h7-10H,1-6H3,(H,17,22). The number of aromatic nitrogens is 4. The first-order valence-electron chi connectivity index (χ1n) is 7.74. The molecule has 1 heterocycles. The van der Waals surface area contributed by atoms with Crippen LogP contribution in [0.2, 0.25) is 0 Å². The van der Waals surface area contributed by atoms with E-state index in [1.807, 2.05) is 20.8 Å². The van der Waals surface area contributed by atoms with Crippen LogP contribution in [0, 0.1) is 0 Å². The molecule has 2 rings (SSSR count). The van der Waals surface area contributed by atoms with E-state index in [1.54, 1.807) is 44.0 Å². The first-order chi connectivity index (χ1) is 11.8. The van der Waals surface area contributed by atoms with Crippen molar-refractivity contribution in [1.82, 2.24) is 20.2 Å². The fourth-order valence-corrected chi connectivity index (χ4v) is 3.01. The highest BCUT2D eigenvalue weighted by Crippen LogP contribution is 2.30. The molecule has 0 aliphatic carbocycles. The summed E-state index contributed by atoms with van der Waals surface area (Å²) in [6, 6.07) is 5.23. The van der Waals surface area contributed by atoms with E-state index in [4.69, 9.17) is 9.47 Å². The van der Waals surface area contributed by atoms with Crippen molar-refractivity contribution < 1.29 is 14.3 Å². The molecule has 0 bridgehead atoms. The SMILES string of the molecule is COc1ccc(OC)c(NC(=O)C(C)Sc2nnnn2C(C)(C)C)c1. The molecule has 9 heteroatoms. The number of thioether (sulfide) groups is 1. The molecule has 1 N–H and O–H groups in total. The Balaban J connectivity index is 2.13. The highest BCUT2D eigenvalue weighted by Gasteiger charge is 2.24. The normalized spacial score (nSPS) is 12.6. The highest BCUT2D eigenvalue weighted by atomic mass is 32.2. The third-order valence-corrected chi connectivity index (χ3v) is 4.43. The number of benzene rings is 1. The molecular formula is C16H23N5O3S. The summed E-state index contributed by atoms with van der Waals surface area (Å²) in [5.74, 6) is 1.01. The Labute approximate surface area is 151 Å². The highest BCUT2D eigenvalue weighted by molar-refractivity contribution is 8.00. The predicted molar refractivity (Wildman–Crippen MR) is 96.3 cm³/mol. The molecule has 2 aromatic rings. The van der Waals surface area contributed by atoms with E-state index < -0.39 is 5.25 Å². The van der Waals surface area contributed by atoms with Crippen LogP contribution in [0.5, 0.6) is 11.5 Å². The molecule has 0 aliphatic rings. The van der Waals surface area contributed by atoms with E-state index in [-0.39, 0.29) is 11.4 Å². The maximum atomic E-state index is 12.6. The van der Waals surface area contributed by atoms with Crippen molar-refractivity contribution in [2.75, 3.05) is 19.5 Å². The zero-order valence-corrected chi connectivity index (χ0v) is 16.0. The molecule has 0 spiro atoms. The van der Waals surface area contributed by atoms with Gasteiger partial charge < -0.3 is 14.8 Å². The Hall–Kier alpha value is -2.29. The fraction of sp³-hybridized carbons (Fsp3) is 0.500. The van der Waals surface area contributed by atoms with Gasteiger partial charge in [0.1, 0.15) is 11.5 Å². The zero-order chi connectivity index (χ0) is 18.6. The second kappa shape index (κ2) is 7.73. The summed E-state index contributed by atoms with van der Waals surface area (Å²) in [5, 5.41) is 14.8. The van der Waals surface area contributed by atoms with Gasteiger partial charge >= 0.3 is 0 Å². The lowest BCUT2D eigenvalue weighted by atomic mass is 10.1. The Morgan fingerprint density at radius 2 is 2.00 bits per heavy atom. The molecule has 1 aromatic carbocycles. The minimum atomic E-state index is -0.400. The van der Waals surface area contributed by atoms with Gasteiger partial charge in [0.25, 0.3) is 0 Å². The predicted octanol–water partition coefficient (Wildman–Crippen LogP) is 2.56. The second-order valence-electron chi connectivity index (χ2n) is 6.36. The number of carbonyl (C=O) groups excluding carboxylic acids is 1. The fourth-order valence-electron chi connectivity index (χ4n) is 2.03. The van der Waals surface area contributed by atoms with E-state index >= 15 is 0 Å². The largest absolute Gasteiger partial charge is 0.497 e. The summed E-state index contributed by atoms with van der Waals surface area (Å²) in [6.07, 6.45) is 0. The number of carbonyl (C=O) groups is 1. The van der Waals surface area contributed by atoms with Gasteiger partial charge in [-0.05, 0) is 50.3 Å². The van der Waals surface area contributed by atoms with Crippen LogP contribution in [-0.4, -0.2) is 45.6 Å². The molecule has 0 saturated carbocycles.